The molecule has 1 aromatic heterocycles. The monoisotopic (exact) mass is 244 g/mol. The van der Waals surface area contributed by atoms with E-state index in [-0.39, 0.29) is 9.45 Å². The Hall–Kier alpha value is -0.540. The third-order valence-corrected chi connectivity index (χ3v) is 1.96. The number of nitrogens with zero attached hydrogens (tertiary/aromatic N) is 2. The van der Waals surface area contributed by atoms with Crippen molar-refractivity contribution in [2.45, 2.75) is 6.18 Å². The molecule has 0 spiro atoms. The standard InChI is InChI=1S/C4H2F3N3S3/c5-4(6,7)1-9-10-2(13-1)8-3(11)12/h(H2,8,10,11,12)/p-1. The molecule has 72 valence electrons. The van der Waals surface area contributed by atoms with E-state index in [2.05, 4.69) is 40.4 Å². The number of anilines is 1. The Kier molecular flexibility index (Phi) is 2.98. The Morgan fingerprint density at radius 2 is 2.08 bits per heavy atom. The molecule has 0 fully saturated rings. The molecule has 0 aliphatic rings. The van der Waals surface area contributed by atoms with Crippen molar-refractivity contribution in [3.8, 4) is 0 Å². The van der Waals surface area contributed by atoms with Crippen molar-refractivity contribution in [3.63, 3.8) is 0 Å². The molecule has 3 nitrogen and oxygen atoms in total. The number of rotatable bonds is 1. The predicted molar refractivity (Wildman–Crippen MR) is 48.5 cm³/mol. The number of hydrogen-bond acceptors (Lipinski definition) is 5. The van der Waals surface area contributed by atoms with Crippen LogP contribution in [0.25, 0.3) is 0 Å². The van der Waals surface area contributed by atoms with Crippen LogP contribution in [0.3, 0.4) is 0 Å². The van der Waals surface area contributed by atoms with E-state index in [1.54, 1.807) is 0 Å². The molecule has 0 aliphatic carbocycles. The molecule has 13 heavy (non-hydrogen) atoms. The maximum Gasteiger partial charge on any atom is 0.445 e. The topological polar surface area (TPSA) is 37.8 Å². The van der Waals surface area contributed by atoms with Gasteiger partial charge in [-0.3, -0.25) is 0 Å². The lowest BCUT2D eigenvalue weighted by Crippen LogP contribution is -2.03. The van der Waals surface area contributed by atoms with Crippen LogP contribution in [0.1, 0.15) is 5.01 Å². The molecule has 0 saturated heterocycles. The number of alkyl halides is 3. The van der Waals surface area contributed by atoms with Gasteiger partial charge in [0.1, 0.15) is 0 Å². The van der Waals surface area contributed by atoms with Crippen molar-refractivity contribution in [1.82, 2.24) is 10.2 Å². The van der Waals surface area contributed by atoms with Gasteiger partial charge in [0.2, 0.25) is 10.1 Å². The van der Waals surface area contributed by atoms with Gasteiger partial charge in [0.15, 0.2) is 0 Å². The summed E-state index contributed by atoms with van der Waals surface area (Å²) in [5.41, 5.74) is 0. The number of halogens is 3. The normalized spacial score (nSPS) is 11.3. The summed E-state index contributed by atoms with van der Waals surface area (Å²) in [6.07, 6.45) is -4.47. The first kappa shape index (κ1) is 10.5. The first-order chi connectivity index (χ1) is 5.89. The Balaban J connectivity index is 2.81. The maximum atomic E-state index is 12.0. The van der Waals surface area contributed by atoms with E-state index in [0.717, 1.165) is 0 Å². The van der Waals surface area contributed by atoms with E-state index in [1.165, 1.54) is 0 Å². The zero-order valence-electron chi connectivity index (χ0n) is 5.75. The summed E-state index contributed by atoms with van der Waals surface area (Å²) in [6.45, 7) is 0. The average Bonchev–Trinajstić information content (AvgIpc) is 2.32. The molecule has 0 aliphatic heterocycles. The Labute approximate surface area is 85.8 Å². The molecule has 0 radical (unpaired) electrons. The van der Waals surface area contributed by atoms with Crippen molar-refractivity contribution >= 4 is 45.6 Å². The lowest BCUT2D eigenvalue weighted by Gasteiger charge is -2.03. The zero-order valence-corrected chi connectivity index (χ0v) is 8.20. The van der Waals surface area contributed by atoms with Crippen molar-refractivity contribution < 1.29 is 13.2 Å². The molecule has 1 aromatic rings. The van der Waals surface area contributed by atoms with Crippen LogP contribution < -0.4 is 5.32 Å². The number of nitrogens with one attached hydrogen (secondary N) is 1. The summed E-state index contributed by atoms with van der Waals surface area (Å²) in [5, 5.41) is 7.33. The van der Waals surface area contributed by atoms with E-state index < -0.39 is 11.2 Å². The highest BCUT2D eigenvalue weighted by Crippen LogP contribution is 2.32. The van der Waals surface area contributed by atoms with Crippen LogP contribution >= 0.6 is 23.6 Å². The molecule has 0 unspecified atom stereocenters. The van der Waals surface area contributed by atoms with E-state index in [1.807, 2.05) is 0 Å². The third-order valence-electron chi connectivity index (χ3n) is 0.876. The molecule has 0 aromatic carbocycles. The van der Waals surface area contributed by atoms with Crippen LogP contribution in [0.15, 0.2) is 0 Å². The van der Waals surface area contributed by atoms with Gasteiger partial charge in [-0.2, -0.15) is 13.2 Å². The first-order valence-corrected chi connectivity index (χ1v) is 4.41. The van der Waals surface area contributed by atoms with E-state index in [4.69, 9.17) is 0 Å². The predicted octanol–water partition coefficient (Wildman–Crippen LogP) is 1.80. The molecule has 0 atom stereocenters. The lowest BCUT2D eigenvalue weighted by atomic mass is 10.7. The van der Waals surface area contributed by atoms with Gasteiger partial charge in [-0.15, -0.1) is 10.2 Å². The van der Waals surface area contributed by atoms with Gasteiger partial charge in [-0.1, -0.05) is 15.7 Å². The fourth-order valence-electron chi connectivity index (χ4n) is 0.476. The van der Waals surface area contributed by atoms with Crippen molar-refractivity contribution in [1.29, 1.82) is 0 Å². The van der Waals surface area contributed by atoms with E-state index in [9.17, 15) is 13.2 Å². The van der Waals surface area contributed by atoms with Gasteiger partial charge in [-0.05, 0) is 0 Å². The first-order valence-electron chi connectivity index (χ1n) is 2.78. The summed E-state index contributed by atoms with van der Waals surface area (Å²) in [6, 6.07) is 0. The largest absolute Gasteiger partial charge is 0.445 e. The highest BCUT2D eigenvalue weighted by atomic mass is 32.1. The van der Waals surface area contributed by atoms with Crippen molar-refractivity contribution in [2.24, 2.45) is 0 Å². The van der Waals surface area contributed by atoms with Gasteiger partial charge >= 0.3 is 6.18 Å². The fourth-order valence-corrected chi connectivity index (χ4v) is 1.41. The minimum absolute atomic E-state index is 0.0488. The Morgan fingerprint density at radius 3 is 2.46 bits per heavy atom. The average molecular weight is 244 g/mol. The maximum absolute atomic E-state index is 12.0. The highest BCUT2D eigenvalue weighted by molar-refractivity contribution is 8.00. The van der Waals surface area contributed by atoms with Gasteiger partial charge in [0.25, 0.3) is 0 Å². The summed E-state index contributed by atoms with van der Waals surface area (Å²) < 4.78 is 35.8. The quantitative estimate of drug-likeness (QED) is 0.602. The fraction of sp³-hybridized carbons (Fsp3) is 0.250. The summed E-state index contributed by atoms with van der Waals surface area (Å²) in [7, 11) is 0. The smallest absolute Gasteiger partial charge is 0.411 e. The van der Waals surface area contributed by atoms with Crippen LogP contribution in [0.4, 0.5) is 18.3 Å². The van der Waals surface area contributed by atoms with Gasteiger partial charge < -0.3 is 30.2 Å². The second kappa shape index (κ2) is 3.68. The zero-order chi connectivity index (χ0) is 10.1. The Morgan fingerprint density at radius 1 is 1.46 bits per heavy atom. The molecule has 0 bridgehead atoms. The van der Waals surface area contributed by atoms with Gasteiger partial charge in [-0.25, -0.2) is 0 Å². The lowest BCUT2D eigenvalue weighted by molar-refractivity contribution is -0.138. The molecule has 0 amide bonds. The SMILES string of the molecule is FC(F)(F)c1nnc(NC(=S)[S-])s1. The van der Waals surface area contributed by atoms with Crippen molar-refractivity contribution in [3.05, 3.63) is 5.01 Å². The molecular weight excluding hydrogens is 243 g/mol. The number of hydrogen-bond donors (Lipinski definition) is 1. The van der Waals surface area contributed by atoms with Gasteiger partial charge in [0, 0.05) is 0 Å². The third kappa shape index (κ3) is 3.01. The summed E-state index contributed by atoms with van der Waals surface area (Å²) in [4.78, 5) is 0. The van der Waals surface area contributed by atoms with Crippen LogP contribution in [-0.2, 0) is 18.8 Å². The van der Waals surface area contributed by atoms with E-state index >= 15 is 0 Å². The number of aromatic nitrogens is 2. The highest BCUT2D eigenvalue weighted by Gasteiger charge is 2.35. The minimum Gasteiger partial charge on any atom is -0.411 e. The number of thiocarbonyl (C=S) groups is 1. The minimum atomic E-state index is -4.47. The molecular formula is C4HF3N3S3-. The molecule has 1 rings (SSSR count). The summed E-state index contributed by atoms with van der Waals surface area (Å²) >= 11 is 9.24. The van der Waals surface area contributed by atoms with Crippen LogP contribution in [0.2, 0.25) is 0 Å². The summed E-state index contributed by atoms with van der Waals surface area (Å²) in [5.74, 6) is 0. The van der Waals surface area contributed by atoms with Crippen molar-refractivity contribution in [2.75, 3.05) is 5.32 Å². The Bertz CT molecular complexity index is 320. The molecule has 1 N–H and O–H groups in total. The molecule has 9 heteroatoms. The van der Waals surface area contributed by atoms with Crippen LogP contribution in [-0.4, -0.2) is 14.5 Å². The molecule has 0 saturated carbocycles. The van der Waals surface area contributed by atoms with Gasteiger partial charge in [0.05, 0.1) is 0 Å². The van der Waals surface area contributed by atoms with Crippen LogP contribution in [0, 0.1) is 0 Å². The second-order valence-corrected chi connectivity index (χ2v) is 3.88. The van der Waals surface area contributed by atoms with E-state index in [0.29, 0.717) is 11.3 Å². The second-order valence-electron chi connectivity index (χ2n) is 1.82. The molecule has 1 heterocycles. The van der Waals surface area contributed by atoms with Crippen LogP contribution in [0.5, 0.6) is 0 Å².